The third-order valence-electron chi connectivity index (χ3n) is 2.65. The zero-order chi connectivity index (χ0) is 13.5. The van der Waals surface area contributed by atoms with E-state index in [4.69, 9.17) is 5.73 Å². The van der Waals surface area contributed by atoms with E-state index in [0.717, 1.165) is 17.0 Å². The number of hydrogen-bond acceptors (Lipinski definition) is 3. The number of amides is 2. The van der Waals surface area contributed by atoms with Crippen molar-refractivity contribution in [1.29, 1.82) is 0 Å². The number of benzene rings is 1. The molecule has 4 nitrogen and oxygen atoms in total. The topological polar surface area (TPSA) is 63.4 Å². The van der Waals surface area contributed by atoms with Gasteiger partial charge in [0.1, 0.15) is 0 Å². The number of alkyl halides is 3. The molecule has 18 heavy (non-hydrogen) atoms. The summed E-state index contributed by atoms with van der Waals surface area (Å²) in [4.78, 5) is 24.3. The fraction of sp³-hybridized carbons (Fsp3) is 0.273. The van der Waals surface area contributed by atoms with Crippen molar-refractivity contribution in [3.8, 4) is 0 Å². The van der Waals surface area contributed by atoms with Gasteiger partial charge in [-0.15, -0.1) is 0 Å². The molecule has 1 heterocycles. The molecular formula is C11H9F3N2O2. The molecule has 0 fully saturated rings. The van der Waals surface area contributed by atoms with E-state index in [2.05, 4.69) is 0 Å². The van der Waals surface area contributed by atoms with Crippen molar-refractivity contribution in [2.24, 2.45) is 5.73 Å². The Bertz CT molecular complexity index is 526. The molecular weight excluding hydrogens is 249 g/mol. The molecule has 7 heteroatoms. The van der Waals surface area contributed by atoms with Gasteiger partial charge in [0.05, 0.1) is 16.7 Å². The van der Waals surface area contributed by atoms with Crippen LogP contribution >= 0.6 is 0 Å². The van der Waals surface area contributed by atoms with Crippen LogP contribution in [0.3, 0.4) is 0 Å². The Morgan fingerprint density at radius 2 is 1.72 bits per heavy atom. The largest absolute Gasteiger partial charge is 0.416 e. The molecule has 1 aromatic rings. The zero-order valence-electron chi connectivity index (χ0n) is 9.12. The summed E-state index contributed by atoms with van der Waals surface area (Å²) in [6.07, 6.45) is -4.54. The smallest absolute Gasteiger partial charge is 0.329 e. The minimum Gasteiger partial charge on any atom is -0.329 e. The summed E-state index contributed by atoms with van der Waals surface area (Å²) in [6.45, 7) is 0.0608. The number of hydrogen-bond donors (Lipinski definition) is 1. The lowest BCUT2D eigenvalue weighted by molar-refractivity contribution is -0.137. The molecule has 2 amide bonds. The van der Waals surface area contributed by atoms with Crippen molar-refractivity contribution < 1.29 is 22.8 Å². The quantitative estimate of drug-likeness (QED) is 0.812. The summed E-state index contributed by atoms with van der Waals surface area (Å²) in [7, 11) is 0. The summed E-state index contributed by atoms with van der Waals surface area (Å²) in [5.41, 5.74) is 4.06. The van der Waals surface area contributed by atoms with Gasteiger partial charge in [-0.1, -0.05) is 0 Å². The zero-order valence-corrected chi connectivity index (χ0v) is 9.12. The van der Waals surface area contributed by atoms with Gasteiger partial charge in [0, 0.05) is 13.1 Å². The second kappa shape index (κ2) is 4.09. The monoisotopic (exact) mass is 258 g/mol. The van der Waals surface area contributed by atoms with Gasteiger partial charge in [0.15, 0.2) is 0 Å². The molecule has 0 aliphatic carbocycles. The van der Waals surface area contributed by atoms with Crippen LogP contribution in [0.25, 0.3) is 0 Å². The number of carbonyl (C=O) groups excluding carboxylic acids is 2. The van der Waals surface area contributed by atoms with Crippen molar-refractivity contribution in [2.75, 3.05) is 13.1 Å². The fourth-order valence-electron chi connectivity index (χ4n) is 1.80. The van der Waals surface area contributed by atoms with E-state index in [9.17, 15) is 22.8 Å². The van der Waals surface area contributed by atoms with Gasteiger partial charge in [-0.25, -0.2) is 0 Å². The molecule has 0 saturated carbocycles. The molecule has 0 saturated heterocycles. The normalized spacial score (nSPS) is 15.2. The molecule has 0 unspecified atom stereocenters. The van der Waals surface area contributed by atoms with Crippen LogP contribution in [0.2, 0.25) is 0 Å². The molecule has 0 aromatic heterocycles. The van der Waals surface area contributed by atoms with Crippen LogP contribution in [-0.2, 0) is 6.18 Å². The average molecular weight is 258 g/mol. The Morgan fingerprint density at radius 3 is 2.28 bits per heavy atom. The first-order valence-electron chi connectivity index (χ1n) is 5.13. The van der Waals surface area contributed by atoms with E-state index in [1.807, 2.05) is 0 Å². The lowest BCUT2D eigenvalue weighted by Gasteiger charge is -2.11. The predicted octanol–water partition coefficient (Wildman–Crippen LogP) is 1.26. The minimum absolute atomic E-state index is 0.00625. The number of imide groups is 1. The first kappa shape index (κ1) is 12.6. The van der Waals surface area contributed by atoms with Gasteiger partial charge in [-0.3, -0.25) is 14.5 Å². The lowest BCUT2D eigenvalue weighted by atomic mass is 10.1. The first-order valence-corrected chi connectivity index (χ1v) is 5.13. The summed E-state index contributed by atoms with van der Waals surface area (Å²) in [5, 5.41) is 0. The Hall–Kier alpha value is -1.89. The summed E-state index contributed by atoms with van der Waals surface area (Å²) in [6, 6.07) is 2.51. The molecule has 1 aliphatic heterocycles. The van der Waals surface area contributed by atoms with E-state index >= 15 is 0 Å². The predicted molar refractivity (Wildman–Crippen MR) is 55.9 cm³/mol. The molecule has 0 atom stereocenters. The van der Waals surface area contributed by atoms with Crippen LogP contribution in [0, 0.1) is 0 Å². The highest BCUT2D eigenvalue weighted by atomic mass is 19.4. The third kappa shape index (κ3) is 1.86. The molecule has 0 bridgehead atoms. The third-order valence-corrected chi connectivity index (χ3v) is 2.65. The second-order valence-corrected chi connectivity index (χ2v) is 3.81. The number of rotatable bonds is 2. The van der Waals surface area contributed by atoms with Crippen LogP contribution in [0.1, 0.15) is 26.3 Å². The van der Waals surface area contributed by atoms with Crippen molar-refractivity contribution in [3.63, 3.8) is 0 Å². The summed E-state index contributed by atoms with van der Waals surface area (Å²) >= 11 is 0. The maximum absolute atomic E-state index is 12.5. The van der Waals surface area contributed by atoms with Crippen LogP contribution in [0.15, 0.2) is 18.2 Å². The Labute approximate surface area is 100 Å². The van der Waals surface area contributed by atoms with Crippen molar-refractivity contribution in [3.05, 3.63) is 34.9 Å². The standard InChI is InChI=1S/C11H9F3N2O2/c12-11(13,14)6-1-2-7-8(5-6)10(18)16(4-3-15)9(7)17/h1-2,5H,3-4,15H2. The molecule has 96 valence electrons. The van der Waals surface area contributed by atoms with E-state index < -0.39 is 23.6 Å². The highest BCUT2D eigenvalue weighted by Crippen LogP contribution is 2.33. The van der Waals surface area contributed by atoms with E-state index in [-0.39, 0.29) is 24.2 Å². The average Bonchev–Trinajstić information content (AvgIpc) is 2.53. The van der Waals surface area contributed by atoms with E-state index in [1.165, 1.54) is 0 Å². The molecule has 2 N–H and O–H groups in total. The number of carbonyl (C=O) groups is 2. The Morgan fingerprint density at radius 1 is 1.11 bits per heavy atom. The van der Waals surface area contributed by atoms with Crippen LogP contribution < -0.4 is 5.73 Å². The van der Waals surface area contributed by atoms with E-state index in [1.54, 1.807) is 0 Å². The Kier molecular flexibility index (Phi) is 2.86. The van der Waals surface area contributed by atoms with Gasteiger partial charge in [-0.05, 0) is 18.2 Å². The van der Waals surface area contributed by atoms with Crippen LogP contribution in [0.5, 0.6) is 0 Å². The van der Waals surface area contributed by atoms with Crippen LogP contribution in [-0.4, -0.2) is 29.8 Å². The van der Waals surface area contributed by atoms with Crippen molar-refractivity contribution in [1.82, 2.24) is 4.90 Å². The number of nitrogens with zero attached hydrogens (tertiary/aromatic N) is 1. The second-order valence-electron chi connectivity index (χ2n) is 3.81. The van der Waals surface area contributed by atoms with Crippen LogP contribution in [0.4, 0.5) is 13.2 Å². The number of fused-ring (bicyclic) bond motifs is 1. The molecule has 1 aromatic carbocycles. The van der Waals surface area contributed by atoms with Gasteiger partial charge in [0.25, 0.3) is 11.8 Å². The first-order chi connectivity index (χ1) is 8.36. The van der Waals surface area contributed by atoms with Crippen molar-refractivity contribution in [2.45, 2.75) is 6.18 Å². The summed E-state index contributed by atoms with van der Waals surface area (Å²) < 4.78 is 37.5. The van der Waals surface area contributed by atoms with Gasteiger partial charge < -0.3 is 5.73 Å². The highest BCUT2D eigenvalue weighted by Gasteiger charge is 2.38. The SMILES string of the molecule is NCCN1C(=O)c2ccc(C(F)(F)F)cc2C1=O. The van der Waals surface area contributed by atoms with Gasteiger partial charge in [-0.2, -0.15) is 13.2 Å². The maximum atomic E-state index is 12.5. The maximum Gasteiger partial charge on any atom is 0.416 e. The molecule has 0 radical (unpaired) electrons. The molecule has 2 rings (SSSR count). The van der Waals surface area contributed by atoms with E-state index in [0.29, 0.717) is 6.07 Å². The molecule has 0 spiro atoms. The lowest BCUT2D eigenvalue weighted by Crippen LogP contribution is -2.34. The molecule has 1 aliphatic rings. The van der Waals surface area contributed by atoms with Crippen molar-refractivity contribution >= 4 is 11.8 Å². The number of halogens is 3. The fourth-order valence-corrected chi connectivity index (χ4v) is 1.80. The number of nitrogens with two attached hydrogens (primary N) is 1. The minimum atomic E-state index is -4.54. The summed E-state index contributed by atoms with van der Waals surface area (Å²) in [5.74, 6) is -1.33. The Balaban J connectivity index is 2.46. The highest BCUT2D eigenvalue weighted by molar-refractivity contribution is 6.21. The van der Waals surface area contributed by atoms with Gasteiger partial charge >= 0.3 is 6.18 Å². The van der Waals surface area contributed by atoms with Gasteiger partial charge in [0.2, 0.25) is 0 Å².